The van der Waals surface area contributed by atoms with Crippen molar-refractivity contribution in [3.05, 3.63) is 24.0 Å². The molecule has 2 N–H and O–H groups in total. The largest absolute Gasteiger partial charge is 0.433 e. The molecule has 0 amide bonds. The Morgan fingerprint density at radius 1 is 1.50 bits per heavy atom. The van der Waals surface area contributed by atoms with Gasteiger partial charge in [0.05, 0.1) is 17.6 Å². The molecule has 20 heavy (non-hydrogen) atoms. The normalized spacial score (nSPS) is 22.9. The van der Waals surface area contributed by atoms with Crippen LogP contribution in [0, 0.1) is 0 Å². The quantitative estimate of drug-likeness (QED) is 0.801. The fraction of sp³-hybridized carbons (Fsp3) is 0.400. The first-order chi connectivity index (χ1) is 9.22. The van der Waals surface area contributed by atoms with Crippen LogP contribution >= 0.6 is 12.2 Å². The Morgan fingerprint density at radius 3 is 2.70 bits per heavy atom. The Morgan fingerprint density at radius 2 is 2.20 bits per heavy atom. The Balaban J connectivity index is 2.37. The molecule has 10 heteroatoms. The molecule has 1 saturated heterocycles. The van der Waals surface area contributed by atoms with Crippen LogP contribution in [0.4, 0.5) is 18.9 Å². The highest BCUT2D eigenvalue weighted by Crippen LogP contribution is 2.30. The van der Waals surface area contributed by atoms with E-state index in [1.54, 1.807) is 0 Å². The minimum absolute atomic E-state index is 0.234. The van der Waals surface area contributed by atoms with E-state index in [0.29, 0.717) is 18.7 Å². The van der Waals surface area contributed by atoms with Gasteiger partial charge in [-0.15, -0.1) is 0 Å². The minimum Gasteiger partial charge on any atom is -0.374 e. The monoisotopic (exact) mass is 324 g/mol. The standard InChI is InChI=1S/C10H11F3N4OS2/c11-10(12,13)8-3-2-7(6-15-8)17-4-1-5-20(17,18)16-9(14)19/h2-3,6H,1,4-5H2,(H2,14,19). The predicted molar refractivity (Wildman–Crippen MR) is 73.4 cm³/mol. The van der Waals surface area contributed by atoms with Crippen molar-refractivity contribution in [3.63, 3.8) is 0 Å². The lowest BCUT2D eigenvalue weighted by Crippen LogP contribution is -2.27. The molecule has 0 aromatic carbocycles. The van der Waals surface area contributed by atoms with E-state index < -0.39 is 21.8 Å². The van der Waals surface area contributed by atoms with Crippen LogP contribution in [0.2, 0.25) is 0 Å². The fourth-order valence-corrected chi connectivity index (χ4v) is 4.28. The van der Waals surface area contributed by atoms with Crippen LogP contribution in [0.3, 0.4) is 0 Å². The molecule has 1 aliphatic heterocycles. The van der Waals surface area contributed by atoms with Crippen LogP contribution in [0.15, 0.2) is 22.7 Å². The maximum Gasteiger partial charge on any atom is 0.433 e. The molecule has 0 radical (unpaired) electrons. The van der Waals surface area contributed by atoms with Crippen molar-refractivity contribution in [3.8, 4) is 0 Å². The summed E-state index contributed by atoms with van der Waals surface area (Å²) in [5, 5.41) is -0.234. The second kappa shape index (κ2) is 5.17. The number of aromatic nitrogens is 1. The highest BCUT2D eigenvalue weighted by molar-refractivity contribution is 7.96. The molecule has 0 aliphatic carbocycles. The van der Waals surface area contributed by atoms with E-state index in [-0.39, 0.29) is 10.9 Å². The number of nitrogens with zero attached hydrogens (tertiary/aromatic N) is 3. The Kier molecular flexibility index (Phi) is 3.87. The van der Waals surface area contributed by atoms with Gasteiger partial charge in [0.25, 0.3) is 0 Å². The molecular formula is C10H11F3N4OS2. The summed E-state index contributed by atoms with van der Waals surface area (Å²) in [4.78, 5) is 3.34. The zero-order valence-electron chi connectivity index (χ0n) is 10.1. The van der Waals surface area contributed by atoms with Crippen molar-refractivity contribution in [2.45, 2.75) is 12.6 Å². The number of hydrogen-bond acceptors (Lipinski definition) is 3. The third-order valence-electron chi connectivity index (χ3n) is 2.67. The van der Waals surface area contributed by atoms with Crippen molar-refractivity contribution < 1.29 is 17.4 Å². The van der Waals surface area contributed by atoms with Crippen LogP contribution in [-0.2, 0) is 16.1 Å². The predicted octanol–water partition coefficient (Wildman–Crippen LogP) is 1.94. The van der Waals surface area contributed by atoms with Crippen LogP contribution in [0.1, 0.15) is 12.1 Å². The van der Waals surface area contributed by atoms with Gasteiger partial charge < -0.3 is 5.73 Å². The summed E-state index contributed by atoms with van der Waals surface area (Å²) in [6, 6.07) is 2.06. The lowest BCUT2D eigenvalue weighted by Gasteiger charge is -2.20. The lowest BCUT2D eigenvalue weighted by atomic mass is 10.3. The molecule has 1 aliphatic rings. The average Bonchev–Trinajstić information content (AvgIpc) is 2.68. The molecule has 0 bridgehead atoms. The van der Waals surface area contributed by atoms with E-state index in [1.165, 1.54) is 10.4 Å². The van der Waals surface area contributed by atoms with E-state index in [9.17, 15) is 17.4 Å². The van der Waals surface area contributed by atoms with Gasteiger partial charge in [0.2, 0.25) is 5.11 Å². The van der Waals surface area contributed by atoms with Crippen LogP contribution in [-0.4, -0.2) is 26.6 Å². The third-order valence-corrected chi connectivity index (χ3v) is 5.27. The van der Waals surface area contributed by atoms with Gasteiger partial charge in [-0.25, -0.2) is 9.19 Å². The van der Waals surface area contributed by atoms with E-state index in [4.69, 9.17) is 5.73 Å². The molecule has 5 nitrogen and oxygen atoms in total. The summed E-state index contributed by atoms with van der Waals surface area (Å²) in [7, 11) is -2.82. The highest BCUT2D eigenvalue weighted by Gasteiger charge is 2.33. The van der Waals surface area contributed by atoms with E-state index in [1.807, 2.05) is 0 Å². The molecule has 2 rings (SSSR count). The minimum atomic E-state index is -4.51. The molecule has 2 heterocycles. The van der Waals surface area contributed by atoms with Crippen molar-refractivity contribution in [1.82, 2.24) is 4.98 Å². The summed E-state index contributed by atoms with van der Waals surface area (Å²) >= 11 is 4.62. The van der Waals surface area contributed by atoms with Crippen molar-refractivity contribution in [2.75, 3.05) is 16.6 Å². The van der Waals surface area contributed by atoms with E-state index in [0.717, 1.165) is 12.3 Å². The number of nitrogens with two attached hydrogens (primary N) is 1. The number of hydrogen-bond donors (Lipinski definition) is 1. The number of alkyl halides is 3. The van der Waals surface area contributed by atoms with Gasteiger partial charge in [0, 0.05) is 6.54 Å². The number of pyridine rings is 1. The first-order valence-electron chi connectivity index (χ1n) is 5.57. The Hall–Kier alpha value is -1.42. The van der Waals surface area contributed by atoms with Crippen LogP contribution in [0.5, 0.6) is 0 Å². The van der Waals surface area contributed by atoms with Crippen molar-refractivity contribution >= 4 is 32.9 Å². The molecule has 110 valence electrons. The SMILES string of the molecule is NC(=S)N=S1(=O)CCCN1c1ccc(C(F)(F)F)nc1. The first-order valence-corrected chi connectivity index (χ1v) is 7.62. The zero-order chi connectivity index (χ0) is 15.0. The molecule has 1 aromatic rings. The van der Waals surface area contributed by atoms with Gasteiger partial charge in [-0.1, -0.05) is 0 Å². The van der Waals surface area contributed by atoms with Gasteiger partial charge in [0.1, 0.15) is 15.6 Å². The number of halogens is 3. The van der Waals surface area contributed by atoms with Gasteiger partial charge in [-0.05, 0) is 30.8 Å². The zero-order valence-corrected chi connectivity index (χ0v) is 11.8. The maximum atomic E-state index is 12.6. The molecule has 0 saturated carbocycles. The summed E-state index contributed by atoms with van der Waals surface area (Å²) in [6.45, 7) is 0.401. The van der Waals surface area contributed by atoms with Gasteiger partial charge in [0.15, 0.2) is 0 Å². The molecule has 1 unspecified atom stereocenters. The van der Waals surface area contributed by atoms with Crippen LogP contribution < -0.4 is 10.0 Å². The van der Waals surface area contributed by atoms with Gasteiger partial charge in [-0.2, -0.15) is 17.5 Å². The molecule has 0 spiro atoms. The first kappa shape index (κ1) is 15.0. The second-order valence-corrected chi connectivity index (χ2v) is 6.76. The average molecular weight is 324 g/mol. The number of thiocarbonyl (C=S) groups is 1. The molecular weight excluding hydrogens is 313 g/mol. The summed E-state index contributed by atoms with van der Waals surface area (Å²) in [5.74, 6) is 0.269. The Bertz CT molecular complexity index is 635. The number of rotatable bonds is 1. The Labute approximate surface area is 119 Å². The van der Waals surface area contributed by atoms with Gasteiger partial charge in [-0.3, -0.25) is 4.31 Å². The highest BCUT2D eigenvalue weighted by atomic mass is 32.2. The third kappa shape index (κ3) is 3.01. The summed E-state index contributed by atoms with van der Waals surface area (Å²) in [6.07, 6.45) is -2.89. The maximum absolute atomic E-state index is 12.6. The lowest BCUT2D eigenvalue weighted by molar-refractivity contribution is -0.141. The van der Waals surface area contributed by atoms with E-state index in [2.05, 4.69) is 21.6 Å². The van der Waals surface area contributed by atoms with E-state index >= 15 is 0 Å². The van der Waals surface area contributed by atoms with Crippen molar-refractivity contribution in [2.24, 2.45) is 10.1 Å². The molecule has 1 aromatic heterocycles. The topological polar surface area (TPSA) is 71.6 Å². The fourth-order valence-electron chi connectivity index (χ4n) is 1.88. The van der Waals surface area contributed by atoms with Gasteiger partial charge >= 0.3 is 6.18 Å². The molecule has 1 atom stereocenters. The summed E-state index contributed by atoms with van der Waals surface area (Å²) in [5.41, 5.74) is 4.58. The van der Waals surface area contributed by atoms with Crippen molar-refractivity contribution in [1.29, 1.82) is 0 Å². The van der Waals surface area contributed by atoms with Crippen LogP contribution in [0.25, 0.3) is 0 Å². The smallest absolute Gasteiger partial charge is 0.374 e. The summed E-state index contributed by atoms with van der Waals surface area (Å²) < 4.78 is 55.0. The number of anilines is 1. The second-order valence-electron chi connectivity index (χ2n) is 4.10. The molecule has 1 fully saturated rings.